The van der Waals surface area contributed by atoms with Gasteiger partial charge in [0.05, 0.1) is 24.2 Å². The normalized spacial score (nSPS) is 14.2. The lowest BCUT2D eigenvalue weighted by Gasteiger charge is -2.32. The number of imidazole rings is 1. The number of halogens is 1. The Hall–Kier alpha value is -3.87. The standard InChI is InChI=1S/C29H31FN4O2/c1-2-36-24-13-11-21(12-14-24)19-31-28(35)22-15-17-33(18-16-22)29-32-26-9-5-6-10-27(26)34(29)20-23-7-3-4-8-25(23)30/h3-14,22H,2,15-20H2,1H3,(H,31,35). The zero-order valence-electron chi connectivity index (χ0n) is 20.5. The smallest absolute Gasteiger partial charge is 0.223 e. The molecule has 1 aromatic heterocycles. The van der Waals surface area contributed by atoms with E-state index in [4.69, 9.17) is 9.72 Å². The molecule has 1 aliphatic heterocycles. The summed E-state index contributed by atoms with van der Waals surface area (Å²) >= 11 is 0. The molecule has 1 fully saturated rings. The summed E-state index contributed by atoms with van der Waals surface area (Å²) < 4.78 is 22.0. The molecule has 1 aliphatic rings. The van der Waals surface area contributed by atoms with E-state index in [0.717, 1.165) is 54.2 Å². The van der Waals surface area contributed by atoms with E-state index < -0.39 is 0 Å². The maximum Gasteiger partial charge on any atom is 0.223 e. The average molecular weight is 487 g/mol. The summed E-state index contributed by atoms with van der Waals surface area (Å²) in [5, 5.41) is 3.09. The van der Waals surface area contributed by atoms with E-state index in [2.05, 4.69) is 14.8 Å². The van der Waals surface area contributed by atoms with E-state index in [0.29, 0.717) is 25.3 Å². The van der Waals surface area contributed by atoms with Crippen LogP contribution >= 0.6 is 0 Å². The van der Waals surface area contributed by atoms with Gasteiger partial charge in [-0.2, -0.15) is 0 Å². The fourth-order valence-electron chi connectivity index (χ4n) is 4.80. The Balaban J connectivity index is 1.24. The van der Waals surface area contributed by atoms with Crippen LogP contribution in [-0.2, 0) is 17.9 Å². The van der Waals surface area contributed by atoms with E-state index in [1.54, 1.807) is 6.07 Å². The third kappa shape index (κ3) is 5.20. The van der Waals surface area contributed by atoms with E-state index in [-0.39, 0.29) is 17.6 Å². The molecule has 5 rings (SSSR count). The molecule has 0 unspecified atom stereocenters. The van der Waals surface area contributed by atoms with Crippen LogP contribution in [0.1, 0.15) is 30.9 Å². The molecule has 0 atom stereocenters. The highest BCUT2D eigenvalue weighted by molar-refractivity contribution is 5.80. The summed E-state index contributed by atoms with van der Waals surface area (Å²) in [5.41, 5.74) is 3.54. The van der Waals surface area contributed by atoms with Crippen LogP contribution in [0.5, 0.6) is 5.75 Å². The first-order valence-corrected chi connectivity index (χ1v) is 12.6. The Labute approximate surface area is 210 Å². The molecule has 0 aliphatic carbocycles. The number of hydrogen-bond donors (Lipinski definition) is 1. The predicted molar refractivity (Wildman–Crippen MR) is 140 cm³/mol. The molecular formula is C29H31FN4O2. The number of fused-ring (bicyclic) bond motifs is 1. The maximum atomic E-state index is 14.4. The first-order valence-electron chi connectivity index (χ1n) is 12.6. The molecule has 1 N–H and O–H groups in total. The minimum absolute atomic E-state index is 0.0339. The van der Waals surface area contributed by atoms with Crippen molar-refractivity contribution in [3.8, 4) is 5.75 Å². The van der Waals surface area contributed by atoms with Crippen molar-refractivity contribution >= 4 is 22.9 Å². The molecule has 0 bridgehead atoms. The second kappa shape index (κ2) is 10.8. The van der Waals surface area contributed by atoms with Crippen LogP contribution in [0, 0.1) is 11.7 Å². The number of ether oxygens (including phenoxy) is 1. The van der Waals surface area contributed by atoms with E-state index >= 15 is 0 Å². The van der Waals surface area contributed by atoms with Crippen molar-refractivity contribution in [2.24, 2.45) is 5.92 Å². The first kappa shape index (κ1) is 23.9. The molecule has 0 radical (unpaired) electrons. The van der Waals surface area contributed by atoms with Gasteiger partial charge in [-0.1, -0.05) is 42.5 Å². The fourth-order valence-corrected chi connectivity index (χ4v) is 4.80. The van der Waals surface area contributed by atoms with Gasteiger partial charge in [-0.3, -0.25) is 4.79 Å². The van der Waals surface area contributed by atoms with E-state index in [1.165, 1.54) is 6.07 Å². The number of carbonyl (C=O) groups is 1. The largest absolute Gasteiger partial charge is 0.494 e. The fraction of sp³-hybridized carbons (Fsp3) is 0.310. The second-order valence-corrected chi connectivity index (χ2v) is 9.13. The molecular weight excluding hydrogens is 455 g/mol. The summed E-state index contributed by atoms with van der Waals surface area (Å²) in [4.78, 5) is 20.0. The number of carbonyl (C=O) groups excluding carboxylic acids is 1. The molecule has 0 spiro atoms. The van der Waals surface area contributed by atoms with Crippen molar-refractivity contribution < 1.29 is 13.9 Å². The van der Waals surface area contributed by atoms with Crippen LogP contribution in [0.3, 0.4) is 0 Å². The second-order valence-electron chi connectivity index (χ2n) is 9.13. The molecule has 186 valence electrons. The Bertz CT molecular complexity index is 1330. The highest BCUT2D eigenvalue weighted by atomic mass is 19.1. The lowest BCUT2D eigenvalue weighted by molar-refractivity contribution is -0.125. The molecule has 0 saturated carbocycles. The van der Waals surface area contributed by atoms with Crippen LogP contribution in [0.4, 0.5) is 10.3 Å². The zero-order chi connectivity index (χ0) is 24.9. The number of rotatable bonds is 8. The van der Waals surface area contributed by atoms with Crippen molar-refractivity contribution in [2.75, 3.05) is 24.6 Å². The van der Waals surface area contributed by atoms with Crippen LogP contribution in [0.2, 0.25) is 0 Å². The van der Waals surface area contributed by atoms with Crippen molar-refractivity contribution in [3.05, 3.63) is 89.7 Å². The van der Waals surface area contributed by atoms with Crippen LogP contribution in [0.15, 0.2) is 72.8 Å². The number of aromatic nitrogens is 2. The number of para-hydroxylation sites is 2. The SMILES string of the molecule is CCOc1ccc(CNC(=O)C2CCN(c3nc4ccccc4n3Cc3ccccc3F)CC2)cc1. The van der Waals surface area contributed by atoms with Gasteiger partial charge in [-0.05, 0) is 55.7 Å². The van der Waals surface area contributed by atoms with Crippen LogP contribution < -0.4 is 15.0 Å². The summed E-state index contributed by atoms with van der Waals surface area (Å²) in [6.45, 7) is 4.95. The predicted octanol–water partition coefficient (Wildman–Crippen LogP) is 5.16. The quantitative estimate of drug-likeness (QED) is 0.374. The number of hydrogen-bond acceptors (Lipinski definition) is 4. The number of nitrogens with zero attached hydrogens (tertiary/aromatic N) is 3. The number of nitrogens with one attached hydrogen (secondary N) is 1. The van der Waals surface area contributed by atoms with Crippen molar-refractivity contribution in [1.82, 2.24) is 14.9 Å². The Morgan fingerprint density at radius 3 is 2.50 bits per heavy atom. The van der Waals surface area contributed by atoms with Gasteiger partial charge in [0.1, 0.15) is 11.6 Å². The topological polar surface area (TPSA) is 59.4 Å². The Morgan fingerprint density at radius 1 is 1.03 bits per heavy atom. The first-order chi connectivity index (χ1) is 17.6. The average Bonchev–Trinajstić information content (AvgIpc) is 3.28. The summed E-state index contributed by atoms with van der Waals surface area (Å²) in [6.07, 6.45) is 1.50. The maximum absolute atomic E-state index is 14.4. The third-order valence-electron chi connectivity index (χ3n) is 6.77. The van der Waals surface area contributed by atoms with Gasteiger partial charge in [-0.25, -0.2) is 9.37 Å². The Morgan fingerprint density at radius 2 is 1.75 bits per heavy atom. The molecule has 1 saturated heterocycles. The lowest BCUT2D eigenvalue weighted by Crippen LogP contribution is -2.41. The minimum atomic E-state index is -0.218. The van der Waals surface area contributed by atoms with Gasteiger partial charge in [-0.15, -0.1) is 0 Å². The minimum Gasteiger partial charge on any atom is -0.494 e. The molecule has 36 heavy (non-hydrogen) atoms. The van der Waals surface area contributed by atoms with Gasteiger partial charge < -0.3 is 19.5 Å². The van der Waals surface area contributed by atoms with Crippen molar-refractivity contribution in [3.63, 3.8) is 0 Å². The van der Waals surface area contributed by atoms with Gasteiger partial charge in [0.25, 0.3) is 0 Å². The molecule has 6 nitrogen and oxygen atoms in total. The summed E-state index contributed by atoms with van der Waals surface area (Å²) in [6, 6.07) is 22.6. The van der Waals surface area contributed by atoms with Gasteiger partial charge in [0.2, 0.25) is 11.9 Å². The molecule has 2 heterocycles. The van der Waals surface area contributed by atoms with Crippen LogP contribution in [-0.4, -0.2) is 35.2 Å². The summed E-state index contributed by atoms with van der Waals surface area (Å²) in [7, 11) is 0. The van der Waals surface area contributed by atoms with Gasteiger partial charge in [0.15, 0.2) is 0 Å². The highest BCUT2D eigenvalue weighted by Gasteiger charge is 2.27. The lowest BCUT2D eigenvalue weighted by atomic mass is 9.96. The molecule has 3 aromatic carbocycles. The number of benzene rings is 3. The van der Waals surface area contributed by atoms with Crippen molar-refractivity contribution in [2.45, 2.75) is 32.9 Å². The summed E-state index contributed by atoms with van der Waals surface area (Å²) in [5.74, 6) is 1.49. The van der Waals surface area contributed by atoms with Crippen molar-refractivity contribution in [1.29, 1.82) is 0 Å². The Kier molecular flexibility index (Phi) is 7.16. The number of piperidine rings is 1. The number of amides is 1. The van der Waals surface area contributed by atoms with Gasteiger partial charge >= 0.3 is 0 Å². The highest BCUT2D eigenvalue weighted by Crippen LogP contribution is 2.28. The van der Waals surface area contributed by atoms with E-state index in [9.17, 15) is 9.18 Å². The van der Waals surface area contributed by atoms with E-state index in [1.807, 2.05) is 67.6 Å². The zero-order valence-corrected chi connectivity index (χ0v) is 20.5. The third-order valence-corrected chi connectivity index (χ3v) is 6.77. The number of anilines is 1. The van der Waals surface area contributed by atoms with Gasteiger partial charge in [0, 0.05) is 31.1 Å². The molecule has 4 aromatic rings. The molecule has 1 amide bonds. The monoisotopic (exact) mass is 486 g/mol. The van der Waals surface area contributed by atoms with Crippen LogP contribution in [0.25, 0.3) is 11.0 Å². The molecule has 7 heteroatoms.